The Morgan fingerprint density at radius 2 is 1.69 bits per heavy atom. The van der Waals surface area contributed by atoms with E-state index in [-0.39, 0.29) is 48.2 Å². The van der Waals surface area contributed by atoms with Crippen molar-refractivity contribution in [2.24, 2.45) is 0 Å². The van der Waals surface area contributed by atoms with Crippen LogP contribution in [-0.2, 0) is 27.2 Å². The smallest absolute Gasteiger partial charge is 0.328 e. The molecule has 0 fully saturated rings. The lowest BCUT2D eigenvalue weighted by molar-refractivity contribution is -0.155. The topological polar surface area (TPSA) is 128 Å². The van der Waals surface area contributed by atoms with E-state index in [0.717, 1.165) is 0 Å². The van der Waals surface area contributed by atoms with Crippen molar-refractivity contribution in [3.63, 3.8) is 0 Å². The number of hydrogen-bond donors (Lipinski definition) is 4. The molecule has 0 saturated heterocycles. The molecule has 8 nitrogen and oxygen atoms in total. The van der Waals surface area contributed by atoms with Gasteiger partial charge in [0, 0.05) is 12.8 Å². The van der Waals surface area contributed by atoms with Crippen LogP contribution >= 0.6 is 0 Å². The second-order valence-electron chi connectivity index (χ2n) is 6.98. The standard InChI is InChI=1S/C21H23NO7/c1-3-20(27)22-14(6-11-4-5-16(23)17(24)7-11)13-10-19(26)18(25)9-12(13)8-15(22)21(28)29-2/h4-5,7,9-10,14-15,23-26H,3,6,8H2,1-2H3/t14-,15-/m0/s1. The van der Waals surface area contributed by atoms with Gasteiger partial charge in [-0.15, -0.1) is 0 Å². The Bertz CT molecular complexity index is 956. The predicted octanol–water partition coefficient (Wildman–Crippen LogP) is 2.13. The minimum absolute atomic E-state index is 0.138. The molecule has 0 radical (unpaired) electrons. The molecule has 0 bridgehead atoms. The number of hydrogen-bond acceptors (Lipinski definition) is 7. The molecule has 3 rings (SSSR count). The maximum atomic E-state index is 12.8. The minimum Gasteiger partial charge on any atom is -0.504 e. The lowest BCUT2D eigenvalue weighted by Crippen LogP contribution is -2.52. The van der Waals surface area contributed by atoms with Crippen molar-refractivity contribution in [1.82, 2.24) is 4.90 Å². The zero-order valence-electron chi connectivity index (χ0n) is 16.1. The third-order valence-corrected chi connectivity index (χ3v) is 5.21. The third-order valence-electron chi connectivity index (χ3n) is 5.21. The van der Waals surface area contributed by atoms with Crippen LogP contribution in [0, 0.1) is 0 Å². The number of phenols is 4. The number of amides is 1. The summed E-state index contributed by atoms with van der Waals surface area (Å²) < 4.78 is 4.90. The summed E-state index contributed by atoms with van der Waals surface area (Å²) in [7, 11) is 1.24. The van der Waals surface area contributed by atoms with Gasteiger partial charge in [0.25, 0.3) is 0 Å². The van der Waals surface area contributed by atoms with Gasteiger partial charge in [0.05, 0.1) is 13.2 Å². The Morgan fingerprint density at radius 1 is 1.03 bits per heavy atom. The van der Waals surface area contributed by atoms with Crippen LogP contribution in [0.25, 0.3) is 0 Å². The van der Waals surface area contributed by atoms with Gasteiger partial charge in [0.1, 0.15) is 6.04 Å². The van der Waals surface area contributed by atoms with E-state index in [1.807, 2.05) is 0 Å². The van der Waals surface area contributed by atoms with Gasteiger partial charge in [-0.25, -0.2) is 4.79 Å². The number of carbonyl (C=O) groups is 2. The number of rotatable bonds is 4. The van der Waals surface area contributed by atoms with Crippen LogP contribution in [0.15, 0.2) is 30.3 Å². The summed E-state index contributed by atoms with van der Waals surface area (Å²) >= 11 is 0. The maximum absolute atomic E-state index is 12.8. The lowest BCUT2D eigenvalue weighted by Gasteiger charge is -2.42. The normalized spacial score (nSPS) is 18.2. The molecule has 4 N–H and O–H groups in total. The van der Waals surface area contributed by atoms with Crippen molar-refractivity contribution in [3.8, 4) is 23.0 Å². The van der Waals surface area contributed by atoms with Crippen LogP contribution in [-0.4, -0.2) is 50.4 Å². The molecule has 2 aromatic carbocycles. The van der Waals surface area contributed by atoms with Crippen molar-refractivity contribution in [2.45, 2.75) is 38.3 Å². The largest absolute Gasteiger partial charge is 0.504 e. The van der Waals surface area contributed by atoms with E-state index < -0.39 is 18.1 Å². The highest BCUT2D eigenvalue weighted by Gasteiger charge is 2.41. The van der Waals surface area contributed by atoms with Gasteiger partial charge in [0.2, 0.25) is 5.91 Å². The van der Waals surface area contributed by atoms with Crippen LogP contribution in [0.1, 0.15) is 36.1 Å². The average molecular weight is 401 g/mol. The molecular weight excluding hydrogens is 378 g/mol. The maximum Gasteiger partial charge on any atom is 0.328 e. The highest BCUT2D eigenvalue weighted by molar-refractivity contribution is 5.86. The molecule has 0 saturated carbocycles. The minimum atomic E-state index is -0.889. The van der Waals surface area contributed by atoms with E-state index in [4.69, 9.17) is 4.74 Å². The molecule has 1 heterocycles. The number of fused-ring (bicyclic) bond motifs is 1. The second kappa shape index (κ2) is 7.90. The summed E-state index contributed by atoms with van der Waals surface area (Å²) in [6.07, 6.45) is 0.507. The number of methoxy groups -OCH3 is 1. The van der Waals surface area contributed by atoms with Gasteiger partial charge in [-0.3, -0.25) is 4.79 Å². The number of ether oxygens (including phenoxy) is 1. The molecule has 1 aliphatic rings. The first-order chi connectivity index (χ1) is 13.8. The average Bonchev–Trinajstić information content (AvgIpc) is 2.70. The van der Waals surface area contributed by atoms with Crippen molar-refractivity contribution in [3.05, 3.63) is 47.0 Å². The van der Waals surface area contributed by atoms with E-state index in [9.17, 15) is 30.0 Å². The molecule has 1 aliphatic heterocycles. The Labute approximate surface area is 167 Å². The van der Waals surface area contributed by atoms with Crippen LogP contribution in [0.2, 0.25) is 0 Å². The molecule has 0 spiro atoms. The summed E-state index contributed by atoms with van der Waals surface area (Å²) in [6.45, 7) is 1.68. The third kappa shape index (κ3) is 3.78. The molecule has 2 atom stereocenters. The lowest BCUT2D eigenvalue weighted by atomic mass is 9.84. The highest BCUT2D eigenvalue weighted by atomic mass is 16.5. The Kier molecular flexibility index (Phi) is 5.54. The first kappa shape index (κ1) is 20.3. The van der Waals surface area contributed by atoms with Crippen LogP contribution in [0.5, 0.6) is 23.0 Å². The number of carbonyl (C=O) groups excluding carboxylic acids is 2. The molecule has 0 aliphatic carbocycles. The van der Waals surface area contributed by atoms with Gasteiger partial charge in [0.15, 0.2) is 23.0 Å². The monoisotopic (exact) mass is 401 g/mol. The first-order valence-electron chi connectivity index (χ1n) is 9.21. The highest BCUT2D eigenvalue weighted by Crippen LogP contribution is 2.41. The number of aromatic hydroxyl groups is 4. The summed E-state index contributed by atoms with van der Waals surface area (Å²) in [5.41, 5.74) is 1.82. The number of nitrogens with zero attached hydrogens (tertiary/aromatic N) is 1. The number of phenolic OH excluding ortho intramolecular Hbond substituents is 4. The number of benzene rings is 2. The number of esters is 1. The Balaban J connectivity index is 2.15. The van der Waals surface area contributed by atoms with E-state index in [0.29, 0.717) is 16.7 Å². The van der Waals surface area contributed by atoms with Crippen LogP contribution in [0.3, 0.4) is 0 Å². The molecule has 8 heteroatoms. The molecule has 2 aromatic rings. The van der Waals surface area contributed by atoms with E-state index in [2.05, 4.69) is 0 Å². The zero-order chi connectivity index (χ0) is 21.3. The van der Waals surface area contributed by atoms with Gasteiger partial charge in [-0.05, 0) is 47.4 Å². The Morgan fingerprint density at radius 3 is 2.31 bits per heavy atom. The summed E-state index contributed by atoms with van der Waals surface area (Å²) in [6, 6.07) is 5.56. The van der Waals surface area contributed by atoms with E-state index in [1.165, 1.54) is 36.3 Å². The summed E-state index contributed by atoms with van der Waals surface area (Å²) in [4.78, 5) is 26.7. The predicted molar refractivity (Wildman–Crippen MR) is 103 cm³/mol. The van der Waals surface area contributed by atoms with E-state index >= 15 is 0 Å². The molecule has 0 unspecified atom stereocenters. The SMILES string of the molecule is CCC(=O)N1[C@H](C(=O)OC)Cc2cc(O)c(O)cc2[C@@H]1Cc1ccc(O)c(O)c1. The fraction of sp³-hybridized carbons (Fsp3) is 0.333. The van der Waals surface area contributed by atoms with E-state index in [1.54, 1.807) is 13.0 Å². The summed E-state index contributed by atoms with van der Waals surface area (Å²) in [5.74, 6) is -2.07. The zero-order valence-corrected chi connectivity index (χ0v) is 16.1. The van der Waals surface area contributed by atoms with Crippen molar-refractivity contribution in [1.29, 1.82) is 0 Å². The Hall–Kier alpha value is -3.42. The quantitative estimate of drug-likeness (QED) is 0.456. The van der Waals surface area contributed by atoms with Crippen molar-refractivity contribution in [2.75, 3.05) is 7.11 Å². The fourth-order valence-electron chi connectivity index (χ4n) is 3.79. The fourth-order valence-corrected chi connectivity index (χ4v) is 3.79. The molecule has 154 valence electrons. The second-order valence-corrected chi connectivity index (χ2v) is 6.98. The van der Waals surface area contributed by atoms with Gasteiger partial charge in [-0.2, -0.15) is 0 Å². The van der Waals surface area contributed by atoms with Crippen molar-refractivity contribution >= 4 is 11.9 Å². The first-order valence-corrected chi connectivity index (χ1v) is 9.21. The van der Waals surface area contributed by atoms with Crippen LogP contribution in [0.4, 0.5) is 0 Å². The summed E-state index contributed by atoms with van der Waals surface area (Å²) in [5, 5.41) is 39.3. The molecular formula is C21H23NO7. The van der Waals surface area contributed by atoms with Gasteiger partial charge < -0.3 is 30.1 Å². The van der Waals surface area contributed by atoms with Crippen molar-refractivity contribution < 1.29 is 34.8 Å². The molecule has 29 heavy (non-hydrogen) atoms. The molecule has 0 aromatic heterocycles. The molecule has 1 amide bonds. The van der Waals surface area contributed by atoms with Crippen LogP contribution < -0.4 is 0 Å². The van der Waals surface area contributed by atoms with Gasteiger partial charge in [-0.1, -0.05) is 13.0 Å². The van der Waals surface area contributed by atoms with Gasteiger partial charge >= 0.3 is 5.97 Å².